The molecule has 68 valence electrons. The van der Waals surface area contributed by atoms with Gasteiger partial charge in [-0.3, -0.25) is 5.41 Å². The molecule has 0 fully saturated rings. The zero-order valence-electron chi connectivity index (χ0n) is 7.52. The number of halogens is 1. The van der Waals surface area contributed by atoms with Crippen LogP contribution in [-0.2, 0) is 10.3 Å². The van der Waals surface area contributed by atoms with Crippen LogP contribution in [0.15, 0.2) is 18.2 Å². The highest BCUT2D eigenvalue weighted by atomic mass is 127. The third-order valence-electron chi connectivity index (χ3n) is 2.22. The van der Waals surface area contributed by atoms with Crippen molar-refractivity contribution in [3.63, 3.8) is 0 Å². The molecule has 1 aliphatic heterocycles. The molecule has 0 saturated carbocycles. The second kappa shape index (κ2) is 2.70. The first kappa shape index (κ1) is 8.99. The summed E-state index contributed by atoms with van der Waals surface area (Å²) in [6.07, 6.45) is 0. The van der Waals surface area contributed by atoms with Crippen molar-refractivity contribution in [1.29, 1.82) is 5.41 Å². The van der Waals surface area contributed by atoms with Crippen molar-refractivity contribution in [3.05, 3.63) is 32.9 Å². The third kappa shape index (κ3) is 1.25. The van der Waals surface area contributed by atoms with Crippen LogP contribution in [0.25, 0.3) is 0 Å². The fraction of sp³-hybridized carbons (Fsp3) is 0.300. The van der Waals surface area contributed by atoms with Gasteiger partial charge in [-0.05, 0) is 48.6 Å². The van der Waals surface area contributed by atoms with Crippen molar-refractivity contribution in [1.82, 2.24) is 0 Å². The monoisotopic (exact) mass is 287 g/mol. The molecule has 0 unspecified atom stereocenters. The van der Waals surface area contributed by atoms with E-state index < -0.39 is 0 Å². The highest BCUT2D eigenvalue weighted by molar-refractivity contribution is 14.1. The molecule has 13 heavy (non-hydrogen) atoms. The molecule has 0 amide bonds. The minimum Gasteiger partial charge on any atom is -0.467 e. The molecule has 0 aromatic heterocycles. The molecule has 0 atom stereocenters. The lowest BCUT2D eigenvalue weighted by atomic mass is 9.96. The second-order valence-corrected chi connectivity index (χ2v) is 4.77. The van der Waals surface area contributed by atoms with E-state index in [1.165, 1.54) is 3.57 Å². The largest absolute Gasteiger partial charge is 0.467 e. The van der Waals surface area contributed by atoms with E-state index in [1.54, 1.807) is 0 Å². The molecule has 2 rings (SSSR count). The fourth-order valence-corrected chi connectivity index (χ4v) is 2.83. The maximum atomic E-state index is 7.66. The van der Waals surface area contributed by atoms with Gasteiger partial charge < -0.3 is 4.74 Å². The number of rotatable bonds is 0. The Hall–Kier alpha value is -0.580. The fourth-order valence-electron chi connectivity index (χ4n) is 1.69. The summed E-state index contributed by atoms with van der Waals surface area (Å²) in [6, 6.07) is 5.94. The van der Waals surface area contributed by atoms with Gasteiger partial charge in [-0.2, -0.15) is 0 Å². The van der Waals surface area contributed by atoms with Crippen molar-refractivity contribution in [2.45, 2.75) is 19.4 Å². The molecule has 0 radical (unpaired) electrons. The lowest BCUT2D eigenvalue weighted by Gasteiger charge is -2.19. The van der Waals surface area contributed by atoms with E-state index >= 15 is 0 Å². The van der Waals surface area contributed by atoms with Crippen molar-refractivity contribution >= 4 is 28.5 Å². The Kier molecular flexibility index (Phi) is 1.87. The first-order chi connectivity index (χ1) is 6.02. The number of nitrogens with one attached hydrogen (secondary N) is 1. The minimum absolute atomic E-state index is 0.290. The predicted molar refractivity (Wildman–Crippen MR) is 60.1 cm³/mol. The minimum atomic E-state index is -0.343. The van der Waals surface area contributed by atoms with Crippen LogP contribution in [0, 0.1) is 8.98 Å². The van der Waals surface area contributed by atoms with Crippen LogP contribution >= 0.6 is 22.6 Å². The molecular formula is C10H10INO. The smallest absolute Gasteiger partial charge is 0.214 e. The Morgan fingerprint density at radius 1 is 1.38 bits per heavy atom. The van der Waals surface area contributed by atoms with Crippen molar-refractivity contribution in [2.75, 3.05) is 0 Å². The molecular weight excluding hydrogens is 277 g/mol. The van der Waals surface area contributed by atoms with Gasteiger partial charge in [-0.15, -0.1) is 0 Å². The number of fused-ring (bicyclic) bond motifs is 1. The lowest BCUT2D eigenvalue weighted by molar-refractivity contribution is 0.109. The van der Waals surface area contributed by atoms with Crippen LogP contribution in [0.1, 0.15) is 25.0 Å². The number of hydrogen-bond acceptors (Lipinski definition) is 2. The van der Waals surface area contributed by atoms with Crippen LogP contribution in [0.4, 0.5) is 0 Å². The third-order valence-corrected chi connectivity index (χ3v) is 3.12. The van der Waals surface area contributed by atoms with Crippen LogP contribution < -0.4 is 0 Å². The van der Waals surface area contributed by atoms with Crippen LogP contribution in [0.5, 0.6) is 0 Å². The first-order valence-corrected chi connectivity index (χ1v) is 5.17. The van der Waals surface area contributed by atoms with Gasteiger partial charge in [-0.25, -0.2) is 0 Å². The van der Waals surface area contributed by atoms with Gasteiger partial charge in [0, 0.05) is 14.7 Å². The van der Waals surface area contributed by atoms with Gasteiger partial charge in [0.25, 0.3) is 0 Å². The van der Waals surface area contributed by atoms with Gasteiger partial charge in [0.1, 0.15) is 5.60 Å². The topological polar surface area (TPSA) is 33.1 Å². The van der Waals surface area contributed by atoms with Crippen LogP contribution in [0.3, 0.4) is 0 Å². The Balaban J connectivity index is 2.73. The normalized spacial score (nSPS) is 18.2. The van der Waals surface area contributed by atoms with Gasteiger partial charge in [0.05, 0.1) is 0 Å². The summed E-state index contributed by atoms with van der Waals surface area (Å²) in [7, 11) is 0. The molecule has 1 heterocycles. The van der Waals surface area contributed by atoms with Crippen LogP contribution in [-0.4, -0.2) is 5.90 Å². The summed E-state index contributed by atoms with van der Waals surface area (Å²) in [6.45, 7) is 3.99. The van der Waals surface area contributed by atoms with Crippen molar-refractivity contribution in [3.8, 4) is 0 Å². The molecule has 0 spiro atoms. The highest BCUT2D eigenvalue weighted by Crippen LogP contribution is 2.38. The average Bonchev–Trinajstić information content (AvgIpc) is 2.24. The van der Waals surface area contributed by atoms with E-state index in [4.69, 9.17) is 10.1 Å². The van der Waals surface area contributed by atoms with E-state index in [2.05, 4.69) is 22.6 Å². The lowest BCUT2D eigenvalue weighted by Crippen LogP contribution is -2.17. The first-order valence-electron chi connectivity index (χ1n) is 4.09. The van der Waals surface area contributed by atoms with E-state index in [-0.39, 0.29) is 5.60 Å². The molecule has 0 saturated heterocycles. The van der Waals surface area contributed by atoms with Gasteiger partial charge >= 0.3 is 0 Å². The van der Waals surface area contributed by atoms with Crippen molar-refractivity contribution in [2.24, 2.45) is 0 Å². The molecule has 0 bridgehead atoms. The molecule has 1 aromatic rings. The summed E-state index contributed by atoms with van der Waals surface area (Å²) < 4.78 is 6.65. The zero-order valence-corrected chi connectivity index (χ0v) is 9.68. The summed E-state index contributed by atoms with van der Waals surface area (Å²) >= 11 is 2.28. The maximum Gasteiger partial charge on any atom is 0.214 e. The second-order valence-electron chi connectivity index (χ2n) is 3.60. The Morgan fingerprint density at radius 3 is 2.69 bits per heavy atom. The van der Waals surface area contributed by atoms with Gasteiger partial charge in [-0.1, -0.05) is 6.07 Å². The quantitative estimate of drug-likeness (QED) is 0.731. The number of ether oxygens (including phenoxy) is 1. The molecule has 1 N–H and O–H groups in total. The Morgan fingerprint density at radius 2 is 2.08 bits per heavy atom. The average molecular weight is 287 g/mol. The summed E-state index contributed by atoms with van der Waals surface area (Å²) in [4.78, 5) is 0. The standard InChI is InChI=1S/C10H10INO/c1-10(2)8-6(9(12)13-10)4-3-5-7(8)11/h3-5,12H,1-2H3. The summed E-state index contributed by atoms with van der Waals surface area (Å²) in [5, 5.41) is 7.66. The van der Waals surface area contributed by atoms with E-state index in [9.17, 15) is 0 Å². The highest BCUT2D eigenvalue weighted by Gasteiger charge is 2.36. The summed E-state index contributed by atoms with van der Waals surface area (Å²) in [5.74, 6) is 0.290. The van der Waals surface area contributed by atoms with Gasteiger partial charge in [0.15, 0.2) is 0 Å². The molecule has 0 aliphatic carbocycles. The maximum absolute atomic E-state index is 7.66. The van der Waals surface area contributed by atoms with Crippen LogP contribution in [0.2, 0.25) is 0 Å². The molecule has 1 aromatic carbocycles. The van der Waals surface area contributed by atoms with Crippen molar-refractivity contribution < 1.29 is 4.74 Å². The molecule has 2 nitrogen and oxygen atoms in total. The number of hydrogen-bond donors (Lipinski definition) is 1. The molecule has 1 aliphatic rings. The van der Waals surface area contributed by atoms with E-state index in [0.29, 0.717) is 5.90 Å². The molecule has 3 heteroatoms. The van der Waals surface area contributed by atoms with E-state index in [1.807, 2.05) is 32.0 Å². The zero-order chi connectivity index (χ0) is 9.64. The number of benzene rings is 1. The SMILES string of the molecule is CC1(C)OC(=N)c2cccc(I)c21. The van der Waals surface area contributed by atoms with Gasteiger partial charge in [0.2, 0.25) is 5.90 Å². The Labute approximate surface area is 90.9 Å². The Bertz CT molecular complexity index is 385. The predicted octanol–water partition coefficient (Wildman–Crippen LogP) is 2.88. The van der Waals surface area contributed by atoms with E-state index in [0.717, 1.165) is 11.1 Å². The summed E-state index contributed by atoms with van der Waals surface area (Å²) in [5.41, 5.74) is 1.72.